The molecule has 7 atom stereocenters. The van der Waals surface area contributed by atoms with E-state index in [2.05, 4.69) is 27.8 Å². The van der Waals surface area contributed by atoms with Gasteiger partial charge in [0.25, 0.3) is 0 Å². The van der Waals surface area contributed by atoms with E-state index in [1.807, 2.05) is 0 Å². The molecule has 2 aliphatic heterocycles. The summed E-state index contributed by atoms with van der Waals surface area (Å²) in [7, 11) is 1.78. The third-order valence-electron chi connectivity index (χ3n) is 8.74. The number of amides is 2. The predicted octanol–water partition coefficient (Wildman–Crippen LogP) is 1.53. The molecule has 2 saturated heterocycles. The van der Waals surface area contributed by atoms with Gasteiger partial charge in [-0.15, -0.1) is 24.0 Å². The number of rotatable bonds is 4. The van der Waals surface area contributed by atoms with Crippen molar-refractivity contribution in [3.8, 4) is 0 Å². The number of carbonyl (C=O) groups excluding carboxylic acids is 2. The maximum Gasteiger partial charge on any atom is 0.233 e. The molecule has 2 heterocycles. The molecule has 6 aliphatic rings. The lowest BCUT2D eigenvalue weighted by atomic mass is 9.46. The standard InChI is InChI=1S/C22H30N4O3.HI/c1-23-21(25-17-14-5-10-29-18(14)22(17)6-2-7-22)24-8-9-26-19(27)15-12-3-4-13(11-12)16(15)20(26)28;/h3-4,12-18H,2,5-11H2,1H3,(H2,23,24,25);1H. The van der Waals surface area contributed by atoms with E-state index in [0.29, 0.717) is 36.6 Å². The fraction of sp³-hybridized carbons (Fsp3) is 0.773. The summed E-state index contributed by atoms with van der Waals surface area (Å²) < 4.78 is 6.00. The highest BCUT2D eigenvalue weighted by atomic mass is 127. The molecule has 0 aromatic rings. The maximum absolute atomic E-state index is 12.8. The number of guanidine groups is 1. The van der Waals surface area contributed by atoms with E-state index >= 15 is 0 Å². The van der Waals surface area contributed by atoms with Gasteiger partial charge in [0.05, 0.1) is 17.9 Å². The van der Waals surface area contributed by atoms with Gasteiger partial charge in [0.1, 0.15) is 0 Å². The van der Waals surface area contributed by atoms with Crippen molar-refractivity contribution in [2.45, 2.75) is 44.2 Å². The highest BCUT2D eigenvalue weighted by Gasteiger charge is 2.66. The zero-order valence-electron chi connectivity index (χ0n) is 17.4. The number of imide groups is 1. The molecule has 30 heavy (non-hydrogen) atoms. The first-order valence-corrected chi connectivity index (χ1v) is 11.3. The molecule has 164 valence electrons. The van der Waals surface area contributed by atoms with Gasteiger partial charge in [-0.2, -0.15) is 0 Å². The molecule has 7 nitrogen and oxygen atoms in total. The molecule has 0 aromatic heterocycles. The third-order valence-corrected chi connectivity index (χ3v) is 8.74. The van der Waals surface area contributed by atoms with Gasteiger partial charge in [-0.1, -0.05) is 18.6 Å². The number of allylic oxidation sites excluding steroid dienone is 2. The molecule has 1 spiro atoms. The van der Waals surface area contributed by atoms with Gasteiger partial charge in [-0.25, -0.2) is 0 Å². The van der Waals surface area contributed by atoms with E-state index in [-0.39, 0.29) is 59.5 Å². The Hall–Kier alpha value is -1.16. The van der Waals surface area contributed by atoms with Crippen LogP contribution in [0, 0.1) is 35.0 Å². The smallest absolute Gasteiger partial charge is 0.233 e. The Bertz CT molecular complexity index is 780. The zero-order chi connectivity index (χ0) is 19.8. The average molecular weight is 526 g/mol. The summed E-state index contributed by atoms with van der Waals surface area (Å²) in [6, 6.07) is 0.422. The van der Waals surface area contributed by atoms with Crippen LogP contribution in [0.25, 0.3) is 0 Å². The van der Waals surface area contributed by atoms with Crippen molar-refractivity contribution < 1.29 is 14.3 Å². The number of fused-ring (bicyclic) bond motifs is 7. The quantitative estimate of drug-likeness (QED) is 0.191. The predicted molar refractivity (Wildman–Crippen MR) is 122 cm³/mol. The van der Waals surface area contributed by atoms with Gasteiger partial charge in [-0.3, -0.25) is 19.5 Å². The average Bonchev–Trinajstić information content (AvgIpc) is 3.43. The highest BCUT2D eigenvalue weighted by molar-refractivity contribution is 14.0. The van der Waals surface area contributed by atoms with Crippen LogP contribution in [0.3, 0.4) is 0 Å². The maximum atomic E-state index is 12.8. The Labute approximate surface area is 194 Å². The number of nitrogens with one attached hydrogen (secondary N) is 2. The van der Waals surface area contributed by atoms with Crippen LogP contribution >= 0.6 is 24.0 Å². The van der Waals surface area contributed by atoms with Crippen LogP contribution in [0.2, 0.25) is 0 Å². The topological polar surface area (TPSA) is 83.0 Å². The molecule has 3 saturated carbocycles. The first-order valence-electron chi connectivity index (χ1n) is 11.3. The van der Waals surface area contributed by atoms with Crippen LogP contribution in [0.5, 0.6) is 0 Å². The summed E-state index contributed by atoms with van der Waals surface area (Å²) >= 11 is 0. The minimum absolute atomic E-state index is 0. The Kier molecular flexibility index (Phi) is 5.16. The number of carbonyl (C=O) groups is 2. The number of aliphatic imine (C=N–C) groups is 1. The second-order valence-corrected chi connectivity index (χ2v) is 9.78. The van der Waals surface area contributed by atoms with E-state index in [1.165, 1.54) is 24.2 Å². The Morgan fingerprint density at radius 3 is 2.53 bits per heavy atom. The molecule has 0 aromatic carbocycles. The van der Waals surface area contributed by atoms with E-state index in [4.69, 9.17) is 4.74 Å². The largest absolute Gasteiger partial charge is 0.377 e. The van der Waals surface area contributed by atoms with Crippen molar-refractivity contribution >= 4 is 41.8 Å². The molecular weight excluding hydrogens is 495 g/mol. The fourth-order valence-corrected chi connectivity index (χ4v) is 7.27. The van der Waals surface area contributed by atoms with Crippen molar-refractivity contribution in [1.82, 2.24) is 15.5 Å². The van der Waals surface area contributed by atoms with E-state index in [1.54, 1.807) is 7.05 Å². The van der Waals surface area contributed by atoms with E-state index < -0.39 is 0 Å². The molecule has 0 radical (unpaired) electrons. The van der Waals surface area contributed by atoms with Crippen LogP contribution in [-0.2, 0) is 14.3 Å². The lowest BCUT2D eigenvalue weighted by molar-refractivity contribution is -0.171. The number of halogens is 1. The number of hydrogen-bond acceptors (Lipinski definition) is 4. The normalized spacial score (nSPS) is 42.0. The summed E-state index contributed by atoms with van der Waals surface area (Å²) in [4.78, 5) is 31.5. The van der Waals surface area contributed by atoms with Gasteiger partial charge in [-0.05, 0) is 37.5 Å². The fourth-order valence-electron chi connectivity index (χ4n) is 7.27. The molecule has 2 amide bonds. The summed E-state index contributed by atoms with van der Waals surface area (Å²) in [5, 5.41) is 6.98. The van der Waals surface area contributed by atoms with Crippen molar-refractivity contribution in [2.24, 2.45) is 40.0 Å². The number of nitrogens with zero attached hydrogens (tertiary/aromatic N) is 2. The van der Waals surface area contributed by atoms with Crippen LogP contribution in [-0.4, -0.2) is 61.6 Å². The first-order chi connectivity index (χ1) is 14.1. The second kappa shape index (κ2) is 7.46. The zero-order valence-corrected chi connectivity index (χ0v) is 19.7. The van der Waals surface area contributed by atoms with Crippen molar-refractivity contribution in [2.75, 3.05) is 26.7 Å². The van der Waals surface area contributed by atoms with Gasteiger partial charge in [0.2, 0.25) is 11.8 Å². The lowest BCUT2D eigenvalue weighted by Crippen LogP contribution is -2.72. The third kappa shape index (κ3) is 2.68. The van der Waals surface area contributed by atoms with E-state index in [9.17, 15) is 9.59 Å². The van der Waals surface area contributed by atoms with Crippen molar-refractivity contribution in [1.29, 1.82) is 0 Å². The first kappa shape index (κ1) is 20.7. The van der Waals surface area contributed by atoms with Gasteiger partial charge >= 0.3 is 0 Å². The van der Waals surface area contributed by atoms with Gasteiger partial charge < -0.3 is 15.4 Å². The summed E-state index contributed by atoms with van der Waals surface area (Å²) in [6.45, 7) is 1.82. The molecule has 2 N–H and O–H groups in total. The summed E-state index contributed by atoms with van der Waals surface area (Å²) in [6.07, 6.45) is 10.6. The Morgan fingerprint density at radius 1 is 1.23 bits per heavy atom. The number of likely N-dealkylation sites (tertiary alicyclic amines) is 1. The van der Waals surface area contributed by atoms with Crippen molar-refractivity contribution in [3.63, 3.8) is 0 Å². The molecule has 6 rings (SSSR count). The highest BCUT2D eigenvalue weighted by Crippen LogP contribution is 2.62. The van der Waals surface area contributed by atoms with Crippen LogP contribution < -0.4 is 10.6 Å². The van der Waals surface area contributed by atoms with Crippen molar-refractivity contribution in [3.05, 3.63) is 12.2 Å². The Balaban J connectivity index is 0.00000193. The van der Waals surface area contributed by atoms with Gasteiger partial charge in [0, 0.05) is 44.1 Å². The minimum Gasteiger partial charge on any atom is -0.377 e. The molecule has 4 aliphatic carbocycles. The summed E-state index contributed by atoms with van der Waals surface area (Å²) in [5.41, 5.74) is 0.295. The SMILES string of the molecule is CN=C(NCCN1C(=O)C2C3C=CC(C3)C2C1=O)NC1C2CCOC2C12CCC2.I. The second-order valence-electron chi connectivity index (χ2n) is 9.78. The summed E-state index contributed by atoms with van der Waals surface area (Å²) in [5.74, 6) is 1.73. The molecule has 7 unspecified atom stereocenters. The number of ether oxygens (including phenoxy) is 1. The van der Waals surface area contributed by atoms with E-state index in [0.717, 1.165) is 25.4 Å². The molecule has 5 fully saturated rings. The molecule has 2 bridgehead atoms. The monoisotopic (exact) mass is 526 g/mol. The number of hydrogen-bond donors (Lipinski definition) is 2. The lowest BCUT2D eigenvalue weighted by Gasteiger charge is -2.63. The van der Waals surface area contributed by atoms with Gasteiger partial charge in [0.15, 0.2) is 5.96 Å². The minimum atomic E-state index is -0.109. The molecular formula is C22H31IN4O3. The Morgan fingerprint density at radius 2 is 1.93 bits per heavy atom. The van der Waals surface area contributed by atoms with Crippen LogP contribution in [0.1, 0.15) is 32.1 Å². The van der Waals surface area contributed by atoms with Crippen LogP contribution in [0.15, 0.2) is 17.1 Å². The molecule has 8 heteroatoms. The van der Waals surface area contributed by atoms with Crippen LogP contribution in [0.4, 0.5) is 0 Å².